The lowest BCUT2D eigenvalue weighted by Gasteiger charge is -2.27. The Balaban J connectivity index is 2.50. The molecule has 0 unspecified atom stereocenters. The minimum atomic E-state index is -1.02. The van der Waals surface area contributed by atoms with Crippen LogP contribution in [0.2, 0.25) is 0 Å². The first-order chi connectivity index (χ1) is 13.4. The van der Waals surface area contributed by atoms with Gasteiger partial charge in [-0.2, -0.15) is 0 Å². The van der Waals surface area contributed by atoms with Crippen LogP contribution >= 0.6 is 0 Å². The van der Waals surface area contributed by atoms with Gasteiger partial charge in [0.1, 0.15) is 17.8 Å². The zero-order valence-corrected chi connectivity index (χ0v) is 17.8. The van der Waals surface area contributed by atoms with Gasteiger partial charge in [0, 0.05) is 6.54 Å². The Morgan fingerprint density at radius 3 is 1.90 bits per heavy atom. The molecular weight excluding hydrogens is 380 g/mol. The maximum absolute atomic E-state index is 12.2. The Morgan fingerprint density at radius 1 is 0.897 bits per heavy atom. The van der Waals surface area contributed by atoms with Crippen molar-refractivity contribution in [2.24, 2.45) is 0 Å². The number of rotatable bonds is 6. The average molecular weight is 410 g/mol. The van der Waals surface area contributed by atoms with Crippen molar-refractivity contribution < 1.29 is 33.4 Å². The van der Waals surface area contributed by atoms with Crippen molar-refractivity contribution >= 4 is 18.3 Å². The number of amides is 3. The van der Waals surface area contributed by atoms with E-state index < -0.39 is 29.5 Å². The second-order valence-electron chi connectivity index (χ2n) is 8.08. The van der Waals surface area contributed by atoms with Gasteiger partial charge >= 0.3 is 18.3 Å². The predicted octanol–water partition coefficient (Wildman–Crippen LogP) is 4.02. The first kappa shape index (κ1) is 24.2. The van der Waals surface area contributed by atoms with E-state index in [1.807, 2.05) is 30.3 Å². The fraction of sp³-hybridized carbons (Fsp3) is 0.550. The molecule has 1 rings (SSSR count). The fourth-order valence-electron chi connectivity index (χ4n) is 1.85. The van der Waals surface area contributed by atoms with E-state index >= 15 is 0 Å². The second kappa shape index (κ2) is 10.7. The maximum atomic E-state index is 12.2. The van der Waals surface area contributed by atoms with Crippen LogP contribution in [0.5, 0.6) is 0 Å². The largest absolute Gasteiger partial charge is 0.445 e. The summed E-state index contributed by atoms with van der Waals surface area (Å²) in [5.74, 6) is 0. The van der Waals surface area contributed by atoms with Gasteiger partial charge < -0.3 is 19.5 Å². The molecule has 162 valence electrons. The number of hydrogen-bond donors (Lipinski definition) is 1. The number of hydrogen-bond acceptors (Lipinski definition) is 7. The molecule has 9 heteroatoms. The smallest absolute Gasteiger partial charge is 0.444 e. The molecule has 0 radical (unpaired) electrons. The lowest BCUT2D eigenvalue weighted by molar-refractivity contribution is -0.137. The van der Waals surface area contributed by atoms with E-state index in [1.54, 1.807) is 41.5 Å². The second-order valence-corrected chi connectivity index (χ2v) is 8.08. The Morgan fingerprint density at radius 2 is 1.41 bits per heavy atom. The Bertz CT molecular complexity index is 650. The van der Waals surface area contributed by atoms with Crippen LogP contribution in [0.1, 0.15) is 47.1 Å². The van der Waals surface area contributed by atoms with E-state index in [9.17, 15) is 14.4 Å². The topological polar surface area (TPSA) is 103 Å². The monoisotopic (exact) mass is 410 g/mol. The number of carbonyl (C=O) groups is 3. The molecule has 9 nitrogen and oxygen atoms in total. The van der Waals surface area contributed by atoms with Crippen molar-refractivity contribution in [2.45, 2.75) is 59.4 Å². The lowest BCUT2D eigenvalue weighted by Crippen LogP contribution is -2.44. The molecule has 0 aliphatic rings. The zero-order chi connectivity index (χ0) is 22.1. The molecule has 1 aromatic carbocycles. The molecule has 0 fully saturated rings. The molecule has 0 aliphatic carbocycles. The Labute approximate surface area is 171 Å². The summed E-state index contributed by atoms with van der Waals surface area (Å²) in [4.78, 5) is 41.4. The van der Waals surface area contributed by atoms with Crippen molar-refractivity contribution in [3.63, 3.8) is 0 Å². The van der Waals surface area contributed by atoms with Crippen LogP contribution in [0.25, 0.3) is 0 Å². The molecule has 3 amide bonds. The normalized spacial score (nSPS) is 11.4. The fourth-order valence-corrected chi connectivity index (χ4v) is 1.85. The third-order valence-electron chi connectivity index (χ3n) is 2.92. The van der Waals surface area contributed by atoms with Crippen molar-refractivity contribution in [3.8, 4) is 0 Å². The number of nitrogens with one attached hydrogen (secondary N) is 1. The first-order valence-corrected chi connectivity index (χ1v) is 9.21. The van der Waals surface area contributed by atoms with Crippen LogP contribution in [0.3, 0.4) is 0 Å². The van der Waals surface area contributed by atoms with Gasteiger partial charge in [-0.05, 0) is 47.1 Å². The quantitative estimate of drug-likeness (QED) is 0.429. The van der Waals surface area contributed by atoms with Gasteiger partial charge in [0.05, 0.1) is 6.61 Å². The molecule has 0 aromatic heterocycles. The van der Waals surface area contributed by atoms with Gasteiger partial charge in [-0.1, -0.05) is 35.4 Å². The third kappa shape index (κ3) is 10.9. The molecule has 0 aliphatic heterocycles. The first-order valence-electron chi connectivity index (χ1n) is 9.21. The lowest BCUT2D eigenvalue weighted by atomic mass is 10.2. The number of carbonyl (C=O) groups excluding carboxylic acids is 3. The van der Waals surface area contributed by atoms with E-state index in [4.69, 9.17) is 19.0 Å². The van der Waals surface area contributed by atoms with Crippen LogP contribution in [-0.4, -0.2) is 47.7 Å². The highest BCUT2D eigenvalue weighted by atomic mass is 16.8. The van der Waals surface area contributed by atoms with E-state index in [0.717, 1.165) is 5.56 Å². The summed E-state index contributed by atoms with van der Waals surface area (Å²) in [6, 6.07) is 9.20. The number of benzene rings is 1. The van der Waals surface area contributed by atoms with E-state index in [0.29, 0.717) is 5.06 Å². The molecule has 1 aromatic rings. The van der Waals surface area contributed by atoms with Gasteiger partial charge in [0.25, 0.3) is 0 Å². The summed E-state index contributed by atoms with van der Waals surface area (Å²) in [5.41, 5.74) is -0.819. The zero-order valence-electron chi connectivity index (χ0n) is 17.8. The number of alkyl carbamates (subject to hydrolysis) is 1. The summed E-state index contributed by atoms with van der Waals surface area (Å²) >= 11 is 0. The highest BCUT2D eigenvalue weighted by Crippen LogP contribution is 2.14. The molecule has 0 saturated carbocycles. The molecule has 0 bridgehead atoms. The highest BCUT2D eigenvalue weighted by Gasteiger charge is 2.32. The van der Waals surface area contributed by atoms with Crippen molar-refractivity contribution in [3.05, 3.63) is 35.9 Å². The van der Waals surface area contributed by atoms with Gasteiger partial charge in [0.2, 0.25) is 0 Å². The maximum Gasteiger partial charge on any atom is 0.444 e. The predicted molar refractivity (Wildman–Crippen MR) is 105 cm³/mol. The van der Waals surface area contributed by atoms with Crippen LogP contribution in [0, 0.1) is 0 Å². The molecule has 0 heterocycles. The summed E-state index contributed by atoms with van der Waals surface area (Å²) in [5, 5.41) is 2.86. The molecule has 0 saturated heterocycles. The van der Waals surface area contributed by atoms with Crippen LogP contribution in [0.4, 0.5) is 14.4 Å². The summed E-state index contributed by atoms with van der Waals surface area (Å²) < 4.78 is 15.4. The van der Waals surface area contributed by atoms with Crippen LogP contribution < -0.4 is 5.32 Å². The average Bonchev–Trinajstić information content (AvgIpc) is 2.57. The van der Waals surface area contributed by atoms with Crippen LogP contribution in [0.15, 0.2) is 30.3 Å². The Kier molecular flexibility index (Phi) is 8.90. The SMILES string of the molecule is CC(C)(C)OC(=O)N(OCCNC(=O)OCc1ccccc1)C(=O)OC(C)(C)C. The standard InChI is InChI=1S/C20H30N2O7/c1-19(2,3)28-17(24)22(18(25)29-20(4,5)6)27-13-12-21-16(23)26-14-15-10-8-7-9-11-15/h7-11H,12-14H2,1-6H3,(H,21,23). The molecule has 0 atom stereocenters. The summed E-state index contributed by atoms with van der Waals surface area (Å²) in [6.45, 7) is 9.87. The van der Waals surface area contributed by atoms with Gasteiger partial charge in [-0.3, -0.25) is 4.84 Å². The third-order valence-corrected chi connectivity index (χ3v) is 2.92. The van der Waals surface area contributed by atoms with Crippen molar-refractivity contribution in [2.75, 3.05) is 13.2 Å². The molecule has 1 N–H and O–H groups in total. The molecular formula is C20H30N2O7. The summed E-state index contributed by atoms with van der Waals surface area (Å²) in [6.07, 6.45) is -2.68. The number of imide groups is 1. The van der Waals surface area contributed by atoms with Crippen molar-refractivity contribution in [1.82, 2.24) is 10.4 Å². The van der Waals surface area contributed by atoms with E-state index in [1.165, 1.54) is 0 Å². The van der Waals surface area contributed by atoms with Crippen molar-refractivity contribution in [1.29, 1.82) is 0 Å². The number of hydroxylamine groups is 2. The summed E-state index contributed by atoms with van der Waals surface area (Å²) in [7, 11) is 0. The van der Waals surface area contributed by atoms with Gasteiger partial charge in [-0.25, -0.2) is 14.4 Å². The number of nitrogens with zero attached hydrogens (tertiary/aromatic N) is 1. The molecule has 0 spiro atoms. The van der Waals surface area contributed by atoms with Crippen LogP contribution in [-0.2, 0) is 25.7 Å². The minimum absolute atomic E-state index is 0.00425. The Hall–Kier alpha value is -2.81. The number of ether oxygens (including phenoxy) is 3. The minimum Gasteiger partial charge on any atom is -0.445 e. The highest BCUT2D eigenvalue weighted by molar-refractivity contribution is 5.86. The van der Waals surface area contributed by atoms with Gasteiger partial charge in [-0.15, -0.1) is 0 Å². The van der Waals surface area contributed by atoms with E-state index in [-0.39, 0.29) is 19.8 Å². The molecule has 29 heavy (non-hydrogen) atoms. The van der Waals surface area contributed by atoms with Gasteiger partial charge in [0.15, 0.2) is 0 Å². The van der Waals surface area contributed by atoms with E-state index in [2.05, 4.69) is 5.32 Å².